The Morgan fingerprint density at radius 1 is 1.30 bits per heavy atom. The van der Waals surface area contributed by atoms with Crippen molar-refractivity contribution < 1.29 is 4.79 Å². The molecule has 0 radical (unpaired) electrons. The van der Waals surface area contributed by atoms with Crippen LogP contribution in [0.1, 0.15) is 24.3 Å². The van der Waals surface area contributed by atoms with Gasteiger partial charge in [-0.25, -0.2) is 9.97 Å². The van der Waals surface area contributed by atoms with E-state index in [0.717, 1.165) is 0 Å². The number of nitrogens with zero attached hydrogens (tertiary/aromatic N) is 4. The molecule has 0 saturated heterocycles. The molecule has 0 spiro atoms. The van der Waals surface area contributed by atoms with Gasteiger partial charge in [0.05, 0.1) is 17.4 Å². The van der Waals surface area contributed by atoms with Gasteiger partial charge in [0.2, 0.25) is 0 Å². The summed E-state index contributed by atoms with van der Waals surface area (Å²) in [5, 5.41) is 3.43. The molecule has 0 bridgehead atoms. The molecule has 0 aliphatic heterocycles. The van der Waals surface area contributed by atoms with Gasteiger partial charge in [0.15, 0.2) is 5.82 Å². The summed E-state index contributed by atoms with van der Waals surface area (Å²) in [5.41, 5.74) is 0.293. The number of hydrogen-bond acceptors (Lipinski definition) is 5. The number of carbonyl (C=O) groups excluding carboxylic acids is 1. The fraction of sp³-hybridized carbons (Fsp3) is 0.333. The molecule has 0 atom stereocenters. The van der Waals surface area contributed by atoms with Crippen LogP contribution in [0.4, 0.5) is 5.69 Å². The van der Waals surface area contributed by atoms with E-state index in [4.69, 9.17) is 11.6 Å². The van der Waals surface area contributed by atoms with Gasteiger partial charge in [-0.3, -0.25) is 14.2 Å². The van der Waals surface area contributed by atoms with Crippen molar-refractivity contribution in [3.8, 4) is 5.82 Å². The second-order valence-electron chi connectivity index (χ2n) is 5.51. The summed E-state index contributed by atoms with van der Waals surface area (Å²) in [7, 11) is 3.26. The lowest BCUT2D eigenvalue weighted by Crippen LogP contribution is -2.26. The number of carbonyl (C=O) groups is 1. The van der Waals surface area contributed by atoms with E-state index in [1.807, 2.05) is 13.8 Å². The summed E-state index contributed by atoms with van der Waals surface area (Å²) in [6, 6.07) is 1.65. The van der Waals surface area contributed by atoms with Gasteiger partial charge in [-0.15, -0.1) is 0 Å². The Morgan fingerprint density at radius 3 is 2.52 bits per heavy atom. The molecule has 2 heterocycles. The Kier molecular flexibility index (Phi) is 5.00. The normalized spacial score (nSPS) is 10.7. The SMILES string of the molecule is CC(C)Nc1cc(Cl)cn(-c2cnc(C(=O)N(C)C)cn2)c1=O. The molecule has 7 nitrogen and oxygen atoms in total. The van der Waals surface area contributed by atoms with Gasteiger partial charge in [0, 0.05) is 26.3 Å². The largest absolute Gasteiger partial charge is 0.378 e. The van der Waals surface area contributed by atoms with E-state index in [1.54, 1.807) is 20.2 Å². The number of amides is 1. The van der Waals surface area contributed by atoms with Crippen LogP contribution in [0, 0.1) is 0 Å². The number of pyridine rings is 1. The molecule has 8 heteroatoms. The lowest BCUT2D eigenvalue weighted by molar-refractivity contribution is 0.0821. The first-order valence-corrected chi connectivity index (χ1v) is 7.40. The molecular weight excluding hydrogens is 318 g/mol. The van der Waals surface area contributed by atoms with Crippen LogP contribution in [0.25, 0.3) is 5.82 Å². The van der Waals surface area contributed by atoms with Crippen molar-refractivity contribution in [3.63, 3.8) is 0 Å². The van der Waals surface area contributed by atoms with E-state index in [-0.39, 0.29) is 23.2 Å². The van der Waals surface area contributed by atoms with E-state index in [2.05, 4.69) is 15.3 Å². The van der Waals surface area contributed by atoms with Crippen LogP contribution in [0.15, 0.2) is 29.5 Å². The Bertz CT molecular complexity index is 768. The third-order valence-electron chi connectivity index (χ3n) is 2.94. The van der Waals surface area contributed by atoms with Crippen molar-refractivity contribution >= 4 is 23.2 Å². The number of halogens is 1. The highest BCUT2D eigenvalue weighted by Crippen LogP contribution is 2.14. The number of rotatable bonds is 4. The molecule has 2 aromatic rings. The fourth-order valence-electron chi connectivity index (χ4n) is 1.92. The lowest BCUT2D eigenvalue weighted by atomic mass is 10.3. The number of nitrogens with one attached hydrogen (secondary N) is 1. The van der Waals surface area contributed by atoms with Crippen LogP contribution in [-0.2, 0) is 0 Å². The molecule has 1 amide bonds. The zero-order chi connectivity index (χ0) is 17.1. The average Bonchev–Trinajstić information content (AvgIpc) is 2.49. The number of anilines is 1. The topological polar surface area (TPSA) is 80.1 Å². The molecule has 0 aliphatic carbocycles. The summed E-state index contributed by atoms with van der Waals surface area (Å²) in [5.74, 6) is 0.0317. The standard InChI is InChI=1S/C15H18ClN5O2/c1-9(2)19-11-5-10(16)8-21(15(11)23)13-7-17-12(6-18-13)14(22)20(3)4/h5-9,19H,1-4H3. The van der Waals surface area contributed by atoms with Crippen LogP contribution in [0.3, 0.4) is 0 Å². The highest BCUT2D eigenvalue weighted by molar-refractivity contribution is 6.30. The molecule has 0 unspecified atom stereocenters. The highest BCUT2D eigenvalue weighted by Gasteiger charge is 2.13. The zero-order valence-corrected chi connectivity index (χ0v) is 14.1. The van der Waals surface area contributed by atoms with Gasteiger partial charge >= 0.3 is 0 Å². The van der Waals surface area contributed by atoms with E-state index in [9.17, 15) is 9.59 Å². The number of hydrogen-bond donors (Lipinski definition) is 1. The first-order valence-electron chi connectivity index (χ1n) is 7.02. The van der Waals surface area contributed by atoms with E-state index < -0.39 is 0 Å². The lowest BCUT2D eigenvalue weighted by Gasteiger charge is -2.13. The van der Waals surface area contributed by atoms with Crippen LogP contribution in [-0.4, -0.2) is 45.5 Å². The quantitative estimate of drug-likeness (QED) is 0.921. The Labute approximate surface area is 138 Å². The Balaban J connectivity index is 2.44. The highest BCUT2D eigenvalue weighted by atomic mass is 35.5. The predicted molar refractivity (Wildman–Crippen MR) is 89.4 cm³/mol. The van der Waals surface area contributed by atoms with E-state index in [1.165, 1.54) is 28.1 Å². The van der Waals surface area contributed by atoms with Crippen LogP contribution >= 0.6 is 11.6 Å². The van der Waals surface area contributed by atoms with Crippen LogP contribution in [0.5, 0.6) is 0 Å². The zero-order valence-electron chi connectivity index (χ0n) is 13.4. The molecular formula is C15H18ClN5O2. The molecule has 0 saturated carbocycles. The number of aromatic nitrogens is 3. The first kappa shape index (κ1) is 17.0. The second kappa shape index (κ2) is 6.78. The molecule has 2 aromatic heterocycles. The summed E-state index contributed by atoms with van der Waals surface area (Å²) < 4.78 is 1.30. The Morgan fingerprint density at radius 2 is 2.00 bits per heavy atom. The van der Waals surface area contributed by atoms with Crippen molar-refractivity contribution in [2.75, 3.05) is 19.4 Å². The van der Waals surface area contributed by atoms with Crippen LogP contribution < -0.4 is 10.9 Å². The molecule has 0 fully saturated rings. The molecule has 122 valence electrons. The minimum atomic E-state index is -0.288. The maximum Gasteiger partial charge on any atom is 0.279 e. The maximum absolute atomic E-state index is 12.5. The van der Waals surface area contributed by atoms with Crippen molar-refractivity contribution in [1.29, 1.82) is 0 Å². The molecule has 0 aliphatic rings. The monoisotopic (exact) mass is 335 g/mol. The predicted octanol–water partition coefficient (Wildman–Crippen LogP) is 1.80. The third-order valence-corrected chi connectivity index (χ3v) is 3.15. The maximum atomic E-state index is 12.5. The van der Waals surface area contributed by atoms with Crippen molar-refractivity contribution in [3.05, 3.63) is 45.7 Å². The molecule has 23 heavy (non-hydrogen) atoms. The van der Waals surface area contributed by atoms with Gasteiger partial charge in [0.25, 0.3) is 11.5 Å². The van der Waals surface area contributed by atoms with Gasteiger partial charge in [-0.1, -0.05) is 11.6 Å². The van der Waals surface area contributed by atoms with Crippen molar-refractivity contribution in [1.82, 2.24) is 19.4 Å². The minimum Gasteiger partial charge on any atom is -0.378 e. The van der Waals surface area contributed by atoms with Gasteiger partial charge in [0.1, 0.15) is 11.4 Å². The summed E-state index contributed by atoms with van der Waals surface area (Å²) >= 11 is 6.07. The van der Waals surface area contributed by atoms with E-state index >= 15 is 0 Å². The summed E-state index contributed by atoms with van der Waals surface area (Å²) in [4.78, 5) is 33.9. The second-order valence-corrected chi connectivity index (χ2v) is 5.94. The summed E-state index contributed by atoms with van der Waals surface area (Å²) in [6.45, 7) is 3.85. The summed E-state index contributed by atoms with van der Waals surface area (Å²) in [6.07, 6.45) is 4.17. The van der Waals surface area contributed by atoms with Crippen LogP contribution in [0.2, 0.25) is 5.02 Å². The Hall–Kier alpha value is -2.41. The van der Waals surface area contributed by atoms with Gasteiger partial charge < -0.3 is 10.2 Å². The molecule has 1 N–H and O–H groups in total. The molecule has 0 aromatic carbocycles. The third kappa shape index (κ3) is 3.87. The average molecular weight is 336 g/mol. The first-order chi connectivity index (χ1) is 10.8. The van der Waals surface area contributed by atoms with E-state index in [0.29, 0.717) is 16.5 Å². The van der Waals surface area contributed by atoms with Crippen molar-refractivity contribution in [2.24, 2.45) is 0 Å². The van der Waals surface area contributed by atoms with Gasteiger partial charge in [-0.2, -0.15) is 0 Å². The molecule has 2 rings (SSSR count). The minimum absolute atomic E-state index is 0.0841. The van der Waals surface area contributed by atoms with Gasteiger partial charge in [-0.05, 0) is 19.9 Å². The fourth-order valence-corrected chi connectivity index (χ4v) is 2.13. The smallest absolute Gasteiger partial charge is 0.279 e. The van der Waals surface area contributed by atoms with Crippen molar-refractivity contribution in [2.45, 2.75) is 19.9 Å².